The molecule has 0 unspecified atom stereocenters. The van der Waals surface area contributed by atoms with Crippen molar-refractivity contribution >= 4 is 49.8 Å². The van der Waals surface area contributed by atoms with Crippen molar-refractivity contribution in [1.29, 1.82) is 0 Å². The molecular weight excluding hydrogens is 424 g/mol. The average Bonchev–Trinajstić information content (AvgIpc) is 3.38. The topological polar surface area (TPSA) is 109 Å². The minimum Gasteiger partial charge on any atom is -0.378 e. The van der Waals surface area contributed by atoms with Crippen LogP contribution in [0.2, 0.25) is 0 Å². The van der Waals surface area contributed by atoms with Crippen LogP contribution in [0.15, 0.2) is 5.38 Å². The van der Waals surface area contributed by atoms with Crippen LogP contribution in [0.4, 0.5) is 5.13 Å². The Bertz CT molecular complexity index is 1100. The van der Waals surface area contributed by atoms with Gasteiger partial charge in [-0.15, -0.1) is 22.7 Å². The van der Waals surface area contributed by atoms with Crippen LogP contribution >= 0.6 is 22.7 Å². The summed E-state index contributed by atoms with van der Waals surface area (Å²) in [7, 11) is 0. The number of thiophene rings is 1. The molecule has 2 N–H and O–H groups in total. The van der Waals surface area contributed by atoms with Gasteiger partial charge in [0.2, 0.25) is 0 Å². The molecule has 0 radical (unpaired) electrons. The van der Waals surface area contributed by atoms with Crippen LogP contribution < -0.4 is 15.8 Å². The molecule has 1 aliphatic rings. The molecule has 0 saturated carbocycles. The lowest BCUT2D eigenvalue weighted by molar-refractivity contribution is 0.0846. The van der Waals surface area contributed by atoms with Gasteiger partial charge < -0.3 is 9.64 Å². The molecule has 4 rings (SSSR count). The zero-order valence-corrected chi connectivity index (χ0v) is 18.6. The van der Waals surface area contributed by atoms with Crippen molar-refractivity contribution in [3.63, 3.8) is 0 Å². The number of rotatable bonds is 4. The number of carbonyl (C=O) groups is 2. The van der Waals surface area contributed by atoms with E-state index in [9.17, 15) is 9.59 Å². The van der Waals surface area contributed by atoms with Crippen molar-refractivity contribution in [3.8, 4) is 0 Å². The van der Waals surface area contributed by atoms with Crippen LogP contribution in [-0.4, -0.2) is 53.1 Å². The number of ether oxygens (including phenoxy) is 1. The van der Waals surface area contributed by atoms with E-state index < -0.39 is 5.91 Å². The van der Waals surface area contributed by atoms with Crippen LogP contribution in [0.3, 0.4) is 0 Å². The number of anilines is 1. The summed E-state index contributed by atoms with van der Waals surface area (Å²) in [6.45, 7) is 8.57. The minimum atomic E-state index is -0.456. The van der Waals surface area contributed by atoms with Crippen molar-refractivity contribution < 1.29 is 14.3 Å². The predicted octanol–water partition coefficient (Wildman–Crippen LogP) is 2.24. The second-order valence-corrected chi connectivity index (χ2v) is 8.67. The number of nitrogens with one attached hydrogen (secondary N) is 2. The second-order valence-electron chi connectivity index (χ2n) is 6.84. The maximum Gasteiger partial charge on any atom is 0.289 e. The summed E-state index contributed by atoms with van der Waals surface area (Å²) in [6, 6.07) is 0. The quantitative estimate of drug-likeness (QED) is 0.592. The molecule has 11 heteroatoms. The highest BCUT2D eigenvalue weighted by Crippen LogP contribution is 2.31. The number of morpholine rings is 1. The van der Waals surface area contributed by atoms with Gasteiger partial charge in [-0.1, -0.05) is 6.92 Å². The van der Waals surface area contributed by atoms with E-state index in [0.717, 1.165) is 51.9 Å². The highest BCUT2D eigenvalue weighted by molar-refractivity contribution is 7.20. The average molecular weight is 447 g/mol. The Morgan fingerprint density at radius 3 is 2.60 bits per heavy atom. The third-order valence-electron chi connectivity index (χ3n) is 4.84. The Morgan fingerprint density at radius 2 is 1.87 bits per heavy atom. The molecule has 1 saturated heterocycles. The van der Waals surface area contributed by atoms with E-state index in [0.29, 0.717) is 18.1 Å². The zero-order valence-electron chi connectivity index (χ0n) is 16.9. The Balaban J connectivity index is 1.44. The van der Waals surface area contributed by atoms with Crippen molar-refractivity contribution in [1.82, 2.24) is 25.8 Å². The maximum absolute atomic E-state index is 12.7. The molecule has 30 heavy (non-hydrogen) atoms. The van der Waals surface area contributed by atoms with Crippen molar-refractivity contribution in [2.24, 2.45) is 0 Å². The fourth-order valence-corrected chi connectivity index (χ4v) is 5.28. The van der Waals surface area contributed by atoms with Gasteiger partial charge in [0.1, 0.15) is 16.3 Å². The van der Waals surface area contributed by atoms with Gasteiger partial charge in [-0.3, -0.25) is 20.4 Å². The van der Waals surface area contributed by atoms with E-state index in [4.69, 9.17) is 4.74 Å². The Labute approximate surface area is 181 Å². The molecule has 3 aromatic rings. The monoisotopic (exact) mass is 446 g/mol. The summed E-state index contributed by atoms with van der Waals surface area (Å²) < 4.78 is 5.34. The molecule has 4 heterocycles. The summed E-state index contributed by atoms with van der Waals surface area (Å²) in [6.07, 6.45) is 0.728. The summed E-state index contributed by atoms with van der Waals surface area (Å²) in [4.78, 5) is 41.9. The summed E-state index contributed by atoms with van der Waals surface area (Å²) in [5.74, 6) is -0.0897. The van der Waals surface area contributed by atoms with Crippen LogP contribution in [0.1, 0.15) is 44.2 Å². The van der Waals surface area contributed by atoms with E-state index >= 15 is 0 Å². The number of hydrogen-bond acceptors (Lipinski definition) is 9. The van der Waals surface area contributed by atoms with Gasteiger partial charge in [0.15, 0.2) is 5.13 Å². The van der Waals surface area contributed by atoms with Gasteiger partial charge in [-0.2, -0.15) is 0 Å². The molecular formula is C19H22N6O3S2. The lowest BCUT2D eigenvalue weighted by Crippen LogP contribution is -2.41. The van der Waals surface area contributed by atoms with Crippen LogP contribution in [-0.2, 0) is 11.2 Å². The predicted molar refractivity (Wildman–Crippen MR) is 116 cm³/mol. The summed E-state index contributed by atoms with van der Waals surface area (Å²) in [5, 5.41) is 3.35. The number of hydrogen-bond donors (Lipinski definition) is 2. The van der Waals surface area contributed by atoms with Gasteiger partial charge in [-0.05, 0) is 19.4 Å². The Hall–Kier alpha value is -2.63. The highest BCUT2D eigenvalue weighted by Gasteiger charge is 2.21. The second kappa shape index (κ2) is 8.62. The van der Waals surface area contributed by atoms with Crippen molar-refractivity contribution in [2.75, 3.05) is 31.2 Å². The highest BCUT2D eigenvalue weighted by atomic mass is 32.1. The molecule has 0 spiro atoms. The largest absolute Gasteiger partial charge is 0.378 e. The first-order valence-corrected chi connectivity index (χ1v) is 11.3. The number of hydrazine groups is 1. The number of fused-ring (bicyclic) bond motifs is 1. The van der Waals surface area contributed by atoms with Crippen molar-refractivity contribution in [3.05, 3.63) is 33.0 Å². The fourth-order valence-electron chi connectivity index (χ4n) is 3.27. The van der Waals surface area contributed by atoms with Crippen molar-refractivity contribution in [2.45, 2.75) is 27.2 Å². The molecule has 9 nitrogen and oxygen atoms in total. The van der Waals surface area contributed by atoms with E-state index in [2.05, 4.69) is 30.7 Å². The molecule has 0 bridgehead atoms. The summed E-state index contributed by atoms with van der Waals surface area (Å²) >= 11 is 2.70. The number of aromatic nitrogens is 3. The molecule has 0 atom stereocenters. The number of nitrogens with zero attached hydrogens (tertiary/aromatic N) is 4. The van der Waals surface area contributed by atoms with Gasteiger partial charge in [0.25, 0.3) is 11.8 Å². The summed E-state index contributed by atoms with van der Waals surface area (Å²) in [5.41, 5.74) is 6.88. The molecule has 1 aliphatic heterocycles. The normalized spacial score (nSPS) is 14.2. The Kier molecular flexibility index (Phi) is 5.93. The molecule has 0 aliphatic carbocycles. The van der Waals surface area contributed by atoms with Crippen LogP contribution in [0.25, 0.3) is 10.2 Å². The van der Waals surface area contributed by atoms with Gasteiger partial charge in [0, 0.05) is 36.0 Å². The lowest BCUT2D eigenvalue weighted by atomic mass is 10.1. The van der Waals surface area contributed by atoms with E-state index in [1.807, 2.05) is 20.8 Å². The zero-order chi connectivity index (χ0) is 21.3. The molecule has 158 valence electrons. The molecule has 2 amide bonds. The van der Waals surface area contributed by atoms with Gasteiger partial charge in [-0.25, -0.2) is 15.0 Å². The van der Waals surface area contributed by atoms with Crippen LogP contribution in [0.5, 0.6) is 0 Å². The first-order valence-electron chi connectivity index (χ1n) is 9.63. The van der Waals surface area contributed by atoms with Crippen LogP contribution in [0, 0.1) is 13.8 Å². The van der Waals surface area contributed by atoms with Gasteiger partial charge >= 0.3 is 0 Å². The first-order chi connectivity index (χ1) is 14.5. The van der Waals surface area contributed by atoms with E-state index in [1.54, 1.807) is 5.38 Å². The lowest BCUT2D eigenvalue weighted by Gasteiger charge is -2.25. The molecule has 0 aromatic carbocycles. The first kappa shape index (κ1) is 20.6. The van der Waals surface area contributed by atoms with Gasteiger partial charge in [0.05, 0.1) is 18.1 Å². The third-order valence-corrected chi connectivity index (χ3v) is 6.92. The minimum absolute atomic E-state index is 0.268. The third kappa shape index (κ3) is 4.00. The maximum atomic E-state index is 12.7. The number of thiazole rings is 1. The van der Waals surface area contributed by atoms with E-state index in [1.165, 1.54) is 22.7 Å². The molecule has 1 fully saturated rings. The fraction of sp³-hybridized carbons (Fsp3) is 0.421. The van der Waals surface area contributed by atoms with E-state index in [-0.39, 0.29) is 11.6 Å². The Morgan fingerprint density at radius 1 is 1.13 bits per heavy atom. The number of amides is 2. The SMILES string of the molecule is CCc1nc(C)c2c(C)c(C(=O)NNC(=O)c3csc(N4CCOCC4)n3)sc2n1. The molecule has 3 aromatic heterocycles. The smallest absolute Gasteiger partial charge is 0.289 e. The standard InChI is InChI=1S/C19H22N6O3S2/c1-4-13-20-11(3)14-10(2)15(30-18(14)22-13)17(27)24-23-16(26)12-9-29-19(21-12)25-5-7-28-8-6-25/h9H,4-8H2,1-3H3,(H,23,26)(H,24,27). The number of aryl methyl sites for hydroxylation is 3. The number of carbonyl (C=O) groups excluding carboxylic acids is 2.